The minimum Gasteiger partial charge on any atom is -0.480 e. The number of aliphatic carboxylic acids is 1. The van der Waals surface area contributed by atoms with Gasteiger partial charge in [-0.2, -0.15) is 0 Å². The van der Waals surface area contributed by atoms with Crippen LogP contribution in [0.1, 0.15) is 25.0 Å². The van der Waals surface area contributed by atoms with Gasteiger partial charge in [-0.15, -0.1) is 0 Å². The van der Waals surface area contributed by atoms with Crippen LogP contribution >= 0.6 is 0 Å². The fraction of sp³-hybridized carbons (Fsp3) is 0.571. The Balaban J connectivity index is 2.12. The van der Waals surface area contributed by atoms with Crippen LogP contribution < -0.4 is 11.1 Å². The number of amides is 2. The van der Waals surface area contributed by atoms with Crippen LogP contribution in [-0.2, 0) is 20.8 Å². The highest BCUT2D eigenvalue weighted by atomic mass is 16.4. The second-order valence-electron chi connectivity index (χ2n) is 5.45. The number of hydrogen-bond donors (Lipinski definition) is 4. The molecule has 0 unspecified atom stereocenters. The number of likely N-dealkylation sites (tertiary alicyclic amines) is 1. The molecule has 2 amide bonds. The van der Waals surface area contributed by atoms with Crippen LogP contribution in [0.3, 0.4) is 0 Å². The molecule has 2 heterocycles. The molecule has 1 fully saturated rings. The average Bonchev–Trinajstić information content (AvgIpc) is 3.17. The third-order valence-corrected chi connectivity index (χ3v) is 3.79. The maximum absolute atomic E-state index is 12.7. The van der Waals surface area contributed by atoms with Gasteiger partial charge in [0.25, 0.3) is 0 Å². The topological polar surface area (TPSA) is 141 Å². The Hall–Kier alpha value is -2.42. The zero-order valence-electron chi connectivity index (χ0n) is 12.7. The molecule has 1 aliphatic heterocycles. The SMILES string of the molecule is NCCC(=O)N[C@@H](Cc1c[nH]cn1)C(=O)N1CCC[C@H]1C(=O)O. The number of carbonyl (C=O) groups is 3. The van der Waals surface area contributed by atoms with E-state index in [0.717, 1.165) is 0 Å². The summed E-state index contributed by atoms with van der Waals surface area (Å²) in [5.74, 6) is -1.77. The monoisotopic (exact) mass is 323 g/mol. The van der Waals surface area contributed by atoms with E-state index in [1.54, 1.807) is 6.20 Å². The van der Waals surface area contributed by atoms with Crippen LogP contribution in [0.5, 0.6) is 0 Å². The highest BCUT2D eigenvalue weighted by Gasteiger charge is 2.37. The number of aromatic nitrogens is 2. The molecule has 1 aliphatic rings. The second-order valence-corrected chi connectivity index (χ2v) is 5.45. The van der Waals surface area contributed by atoms with E-state index in [0.29, 0.717) is 25.1 Å². The number of H-pyrrole nitrogens is 1. The molecule has 9 heteroatoms. The van der Waals surface area contributed by atoms with Crippen molar-refractivity contribution in [1.29, 1.82) is 0 Å². The quantitative estimate of drug-likeness (QED) is 0.500. The minimum absolute atomic E-state index is 0.104. The predicted molar refractivity (Wildman–Crippen MR) is 80.3 cm³/mol. The predicted octanol–water partition coefficient (Wildman–Crippen LogP) is -1.14. The van der Waals surface area contributed by atoms with Crippen molar-refractivity contribution in [2.75, 3.05) is 13.1 Å². The summed E-state index contributed by atoms with van der Waals surface area (Å²) in [5, 5.41) is 11.9. The lowest BCUT2D eigenvalue weighted by Gasteiger charge is -2.27. The molecule has 1 aromatic heterocycles. The van der Waals surface area contributed by atoms with E-state index in [2.05, 4.69) is 15.3 Å². The van der Waals surface area contributed by atoms with Gasteiger partial charge in [0.1, 0.15) is 12.1 Å². The first-order chi connectivity index (χ1) is 11.0. The highest BCUT2D eigenvalue weighted by Crippen LogP contribution is 2.19. The number of carboxylic acids is 1. The Morgan fingerprint density at radius 3 is 2.91 bits per heavy atom. The molecule has 1 aromatic rings. The number of aromatic amines is 1. The van der Waals surface area contributed by atoms with E-state index in [1.165, 1.54) is 11.2 Å². The third-order valence-electron chi connectivity index (χ3n) is 3.79. The lowest BCUT2D eigenvalue weighted by Crippen LogP contribution is -2.52. The van der Waals surface area contributed by atoms with E-state index >= 15 is 0 Å². The molecule has 2 rings (SSSR count). The molecule has 9 nitrogen and oxygen atoms in total. The molecular weight excluding hydrogens is 302 g/mol. The number of carbonyl (C=O) groups excluding carboxylic acids is 2. The normalized spacial score (nSPS) is 18.7. The molecule has 0 saturated carbocycles. The van der Waals surface area contributed by atoms with Gasteiger partial charge in [0.2, 0.25) is 11.8 Å². The molecule has 5 N–H and O–H groups in total. The fourth-order valence-electron chi connectivity index (χ4n) is 2.70. The Bertz CT molecular complexity index is 560. The van der Waals surface area contributed by atoms with E-state index in [9.17, 15) is 19.5 Å². The van der Waals surface area contributed by atoms with E-state index < -0.39 is 24.0 Å². The molecule has 23 heavy (non-hydrogen) atoms. The Morgan fingerprint density at radius 1 is 1.52 bits per heavy atom. The molecule has 0 bridgehead atoms. The first-order valence-corrected chi connectivity index (χ1v) is 7.53. The standard InChI is InChI=1S/C14H21N5O4/c15-4-3-12(20)18-10(6-9-7-16-8-17-9)13(21)19-5-1-2-11(19)14(22)23/h7-8,10-11H,1-6,15H2,(H,16,17)(H,18,20)(H,22,23)/t10-,11-/m0/s1. The van der Waals surface area contributed by atoms with Crippen LogP contribution in [0.15, 0.2) is 12.5 Å². The number of carboxylic acid groups (broad SMARTS) is 1. The van der Waals surface area contributed by atoms with Crippen LogP contribution in [-0.4, -0.2) is 62.9 Å². The lowest BCUT2D eigenvalue weighted by molar-refractivity contribution is -0.149. The summed E-state index contributed by atoms with van der Waals surface area (Å²) in [7, 11) is 0. The summed E-state index contributed by atoms with van der Waals surface area (Å²) in [6.07, 6.45) is 4.47. The second kappa shape index (κ2) is 7.73. The van der Waals surface area contributed by atoms with E-state index in [-0.39, 0.29) is 25.3 Å². The van der Waals surface area contributed by atoms with Crippen LogP contribution in [0.25, 0.3) is 0 Å². The molecular formula is C14H21N5O4. The first-order valence-electron chi connectivity index (χ1n) is 7.53. The van der Waals surface area contributed by atoms with Gasteiger partial charge in [-0.05, 0) is 12.8 Å². The van der Waals surface area contributed by atoms with Gasteiger partial charge in [0.15, 0.2) is 0 Å². The van der Waals surface area contributed by atoms with Gasteiger partial charge >= 0.3 is 5.97 Å². The zero-order chi connectivity index (χ0) is 16.8. The number of rotatable bonds is 7. The molecule has 0 radical (unpaired) electrons. The zero-order valence-corrected chi connectivity index (χ0v) is 12.7. The van der Waals surface area contributed by atoms with Crippen molar-refractivity contribution in [1.82, 2.24) is 20.2 Å². The van der Waals surface area contributed by atoms with Crippen molar-refractivity contribution in [2.45, 2.75) is 37.8 Å². The van der Waals surface area contributed by atoms with Crippen LogP contribution in [0.4, 0.5) is 0 Å². The molecule has 126 valence electrons. The average molecular weight is 323 g/mol. The number of imidazole rings is 1. The third kappa shape index (κ3) is 4.28. The minimum atomic E-state index is -1.03. The van der Waals surface area contributed by atoms with Crippen molar-refractivity contribution in [3.63, 3.8) is 0 Å². The molecule has 1 saturated heterocycles. The number of nitrogens with zero attached hydrogens (tertiary/aromatic N) is 2. The van der Waals surface area contributed by atoms with Crippen molar-refractivity contribution < 1.29 is 19.5 Å². The number of nitrogens with one attached hydrogen (secondary N) is 2. The van der Waals surface area contributed by atoms with Crippen molar-refractivity contribution in [3.05, 3.63) is 18.2 Å². The maximum atomic E-state index is 12.7. The van der Waals surface area contributed by atoms with Crippen molar-refractivity contribution in [2.24, 2.45) is 5.73 Å². The van der Waals surface area contributed by atoms with Crippen LogP contribution in [0, 0.1) is 0 Å². The summed E-state index contributed by atoms with van der Waals surface area (Å²) < 4.78 is 0. The van der Waals surface area contributed by atoms with Gasteiger partial charge in [-0.1, -0.05) is 0 Å². The summed E-state index contributed by atoms with van der Waals surface area (Å²) in [5.41, 5.74) is 5.96. The van der Waals surface area contributed by atoms with Gasteiger partial charge in [-0.3, -0.25) is 9.59 Å². The van der Waals surface area contributed by atoms with Gasteiger partial charge in [0, 0.05) is 32.1 Å². The summed E-state index contributed by atoms with van der Waals surface area (Å²) >= 11 is 0. The Morgan fingerprint density at radius 2 is 2.30 bits per heavy atom. The smallest absolute Gasteiger partial charge is 0.326 e. The molecule has 0 aliphatic carbocycles. The number of hydrogen-bond acceptors (Lipinski definition) is 5. The lowest BCUT2D eigenvalue weighted by atomic mass is 10.1. The van der Waals surface area contributed by atoms with Crippen molar-refractivity contribution >= 4 is 17.8 Å². The Labute approximate surface area is 133 Å². The highest BCUT2D eigenvalue weighted by molar-refractivity contribution is 5.91. The van der Waals surface area contributed by atoms with E-state index in [4.69, 9.17) is 5.73 Å². The largest absolute Gasteiger partial charge is 0.480 e. The summed E-state index contributed by atoms with van der Waals surface area (Å²) in [6.45, 7) is 0.552. The molecule has 2 atom stereocenters. The molecule has 0 spiro atoms. The first kappa shape index (κ1) is 16.9. The van der Waals surface area contributed by atoms with Gasteiger partial charge < -0.3 is 26.0 Å². The Kier molecular flexibility index (Phi) is 5.69. The van der Waals surface area contributed by atoms with Gasteiger partial charge in [-0.25, -0.2) is 9.78 Å². The van der Waals surface area contributed by atoms with Crippen LogP contribution in [0.2, 0.25) is 0 Å². The number of nitrogens with two attached hydrogens (primary N) is 1. The summed E-state index contributed by atoms with van der Waals surface area (Å²) in [6, 6.07) is -1.69. The fourth-order valence-corrected chi connectivity index (χ4v) is 2.70. The van der Waals surface area contributed by atoms with Gasteiger partial charge in [0.05, 0.1) is 12.0 Å². The summed E-state index contributed by atoms with van der Waals surface area (Å²) in [4.78, 5) is 43.9. The molecule has 0 aromatic carbocycles. The van der Waals surface area contributed by atoms with E-state index in [1.807, 2.05) is 0 Å². The maximum Gasteiger partial charge on any atom is 0.326 e. The van der Waals surface area contributed by atoms with Crippen molar-refractivity contribution in [3.8, 4) is 0 Å².